The summed E-state index contributed by atoms with van der Waals surface area (Å²) >= 11 is 0. The molecule has 0 spiro atoms. The number of carbonyl (C=O) groups is 1. The second-order valence-corrected chi connectivity index (χ2v) is 4.14. The lowest BCUT2D eigenvalue weighted by molar-refractivity contribution is 0.0967. The van der Waals surface area contributed by atoms with Crippen molar-refractivity contribution in [2.75, 3.05) is 7.11 Å². The largest absolute Gasteiger partial charge is 0.497 e. The quantitative estimate of drug-likeness (QED) is 0.527. The number of carbonyl (C=O) groups excluding carboxylic acids is 1. The van der Waals surface area contributed by atoms with E-state index in [-0.39, 0.29) is 11.7 Å². The molecule has 0 aromatic heterocycles. The summed E-state index contributed by atoms with van der Waals surface area (Å²) in [7, 11) is 1.60. The smallest absolute Gasteiger partial charge is 0.163 e. The van der Waals surface area contributed by atoms with E-state index in [1.807, 2.05) is 24.3 Å². The summed E-state index contributed by atoms with van der Waals surface area (Å²) in [4.78, 5) is 12.1. The third-order valence-electron chi connectivity index (χ3n) is 2.83. The standard InChI is InChI=1S/C15H20O2/c1-4-7-12(5-2)10-15(16)13-8-6-9-14(11-13)17-3/h5-6,8-9,11-12H,2,4,7,10H2,1,3H3/t12-/m0/s1. The van der Waals surface area contributed by atoms with Crippen molar-refractivity contribution in [2.45, 2.75) is 26.2 Å². The Bertz CT molecular complexity index is 382. The van der Waals surface area contributed by atoms with Crippen LogP contribution in [-0.2, 0) is 0 Å². The van der Waals surface area contributed by atoms with Crippen LogP contribution in [0.3, 0.4) is 0 Å². The third-order valence-corrected chi connectivity index (χ3v) is 2.83. The molecule has 0 amide bonds. The van der Waals surface area contributed by atoms with Gasteiger partial charge in [0, 0.05) is 12.0 Å². The van der Waals surface area contributed by atoms with Crippen LogP contribution in [0.25, 0.3) is 0 Å². The molecular formula is C15H20O2. The Balaban J connectivity index is 2.71. The topological polar surface area (TPSA) is 26.3 Å². The fourth-order valence-corrected chi connectivity index (χ4v) is 1.83. The number of allylic oxidation sites excluding steroid dienone is 1. The first-order valence-electron chi connectivity index (χ1n) is 6.01. The van der Waals surface area contributed by atoms with Crippen molar-refractivity contribution >= 4 is 5.78 Å². The molecular weight excluding hydrogens is 212 g/mol. The van der Waals surface area contributed by atoms with Crippen LogP contribution in [0.4, 0.5) is 0 Å². The number of hydrogen-bond donors (Lipinski definition) is 0. The van der Waals surface area contributed by atoms with Crippen LogP contribution in [0.15, 0.2) is 36.9 Å². The molecule has 0 saturated heterocycles. The van der Waals surface area contributed by atoms with Crippen molar-refractivity contribution in [3.8, 4) is 5.75 Å². The number of ketones is 1. The fraction of sp³-hybridized carbons (Fsp3) is 0.400. The molecule has 0 saturated carbocycles. The van der Waals surface area contributed by atoms with E-state index in [4.69, 9.17) is 4.74 Å². The van der Waals surface area contributed by atoms with E-state index in [0.29, 0.717) is 12.0 Å². The molecule has 1 aromatic carbocycles. The summed E-state index contributed by atoms with van der Waals surface area (Å²) in [6.07, 6.45) is 4.49. The summed E-state index contributed by atoms with van der Waals surface area (Å²) in [6, 6.07) is 7.30. The highest BCUT2D eigenvalue weighted by Crippen LogP contribution is 2.19. The molecule has 17 heavy (non-hydrogen) atoms. The molecule has 0 aliphatic carbocycles. The Labute approximate surface area is 103 Å². The number of Topliss-reactive ketones (excluding diaryl/α,β-unsaturated/α-hetero) is 1. The van der Waals surface area contributed by atoms with Gasteiger partial charge in [-0.05, 0) is 24.5 Å². The summed E-state index contributed by atoms with van der Waals surface area (Å²) in [5, 5.41) is 0. The first-order valence-corrected chi connectivity index (χ1v) is 6.01. The summed E-state index contributed by atoms with van der Waals surface area (Å²) < 4.78 is 5.11. The summed E-state index contributed by atoms with van der Waals surface area (Å²) in [5.41, 5.74) is 0.715. The highest BCUT2D eigenvalue weighted by molar-refractivity contribution is 5.96. The lowest BCUT2D eigenvalue weighted by Crippen LogP contribution is -2.07. The minimum Gasteiger partial charge on any atom is -0.497 e. The van der Waals surface area contributed by atoms with E-state index in [1.165, 1.54) is 0 Å². The molecule has 0 fully saturated rings. The highest BCUT2D eigenvalue weighted by Gasteiger charge is 2.12. The molecule has 0 heterocycles. The number of benzene rings is 1. The number of ether oxygens (including phenoxy) is 1. The number of rotatable bonds is 7. The normalized spacial score (nSPS) is 11.9. The zero-order valence-electron chi connectivity index (χ0n) is 10.6. The van der Waals surface area contributed by atoms with Gasteiger partial charge >= 0.3 is 0 Å². The van der Waals surface area contributed by atoms with E-state index >= 15 is 0 Å². The molecule has 92 valence electrons. The van der Waals surface area contributed by atoms with Gasteiger partial charge in [-0.25, -0.2) is 0 Å². The van der Waals surface area contributed by atoms with Gasteiger partial charge in [0.1, 0.15) is 5.75 Å². The van der Waals surface area contributed by atoms with Gasteiger partial charge < -0.3 is 4.74 Å². The average Bonchev–Trinajstić information content (AvgIpc) is 2.38. The monoisotopic (exact) mass is 232 g/mol. The number of methoxy groups -OCH3 is 1. The zero-order chi connectivity index (χ0) is 12.7. The van der Waals surface area contributed by atoms with Crippen molar-refractivity contribution in [3.05, 3.63) is 42.5 Å². The lowest BCUT2D eigenvalue weighted by atomic mass is 9.94. The maximum absolute atomic E-state index is 12.1. The van der Waals surface area contributed by atoms with E-state index in [2.05, 4.69) is 13.5 Å². The van der Waals surface area contributed by atoms with E-state index in [9.17, 15) is 4.79 Å². The Morgan fingerprint density at radius 2 is 2.29 bits per heavy atom. The van der Waals surface area contributed by atoms with E-state index in [1.54, 1.807) is 13.2 Å². The minimum absolute atomic E-state index is 0.155. The second kappa shape index (κ2) is 6.89. The maximum Gasteiger partial charge on any atom is 0.163 e. The summed E-state index contributed by atoms with van der Waals surface area (Å²) in [5.74, 6) is 1.16. The first-order chi connectivity index (χ1) is 8.21. The van der Waals surface area contributed by atoms with Crippen molar-refractivity contribution in [2.24, 2.45) is 5.92 Å². The Kier molecular flexibility index (Phi) is 5.47. The van der Waals surface area contributed by atoms with Crippen LogP contribution in [-0.4, -0.2) is 12.9 Å². The van der Waals surface area contributed by atoms with Crippen molar-refractivity contribution < 1.29 is 9.53 Å². The molecule has 1 rings (SSSR count). The van der Waals surface area contributed by atoms with Gasteiger partial charge in [0.2, 0.25) is 0 Å². The Morgan fingerprint density at radius 3 is 2.88 bits per heavy atom. The molecule has 2 heteroatoms. The average molecular weight is 232 g/mol. The zero-order valence-corrected chi connectivity index (χ0v) is 10.6. The third kappa shape index (κ3) is 4.06. The first kappa shape index (κ1) is 13.5. The van der Waals surface area contributed by atoms with Gasteiger partial charge in [0.05, 0.1) is 7.11 Å². The van der Waals surface area contributed by atoms with Crippen molar-refractivity contribution in [1.82, 2.24) is 0 Å². The van der Waals surface area contributed by atoms with Crippen LogP contribution < -0.4 is 4.74 Å². The molecule has 0 aliphatic rings. The molecule has 0 N–H and O–H groups in total. The van der Waals surface area contributed by atoms with Gasteiger partial charge in [-0.1, -0.05) is 31.6 Å². The molecule has 0 bridgehead atoms. The highest BCUT2D eigenvalue weighted by atomic mass is 16.5. The molecule has 0 radical (unpaired) electrons. The molecule has 1 aromatic rings. The Morgan fingerprint density at radius 1 is 1.53 bits per heavy atom. The summed E-state index contributed by atoms with van der Waals surface area (Å²) in [6.45, 7) is 5.90. The molecule has 0 aliphatic heterocycles. The fourth-order valence-electron chi connectivity index (χ4n) is 1.83. The maximum atomic E-state index is 12.1. The minimum atomic E-state index is 0.155. The van der Waals surface area contributed by atoms with E-state index < -0.39 is 0 Å². The van der Waals surface area contributed by atoms with Gasteiger partial charge in [0.25, 0.3) is 0 Å². The van der Waals surface area contributed by atoms with Crippen LogP contribution in [0, 0.1) is 5.92 Å². The van der Waals surface area contributed by atoms with Crippen LogP contribution >= 0.6 is 0 Å². The van der Waals surface area contributed by atoms with Gasteiger partial charge in [-0.2, -0.15) is 0 Å². The van der Waals surface area contributed by atoms with Crippen LogP contribution in [0.5, 0.6) is 5.75 Å². The number of hydrogen-bond acceptors (Lipinski definition) is 2. The lowest BCUT2D eigenvalue weighted by Gasteiger charge is -2.10. The Hall–Kier alpha value is -1.57. The van der Waals surface area contributed by atoms with Crippen LogP contribution in [0.1, 0.15) is 36.5 Å². The SMILES string of the molecule is C=C[C@@H](CCC)CC(=O)c1cccc(OC)c1. The molecule has 0 unspecified atom stereocenters. The molecule has 1 atom stereocenters. The van der Waals surface area contributed by atoms with E-state index in [0.717, 1.165) is 18.6 Å². The predicted octanol–water partition coefficient (Wildman–Crippen LogP) is 3.87. The van der Waals surface area contributed by atoms with Gasteiger partial charge in [-0.3, -0.25) is 4.79 Å². The predicted molar refractivity (Wildman–Crippen MR) is 70.5 cm³/mol. The second-order valence-electron chi connectivity index (χ2n) is 4.14. The van der Waals surface area contributed by atoms with Crippen molar-refractivity contribution in [1.29, 1.82) is 0 Å². The van der Waals surface area contributed by atoms with Crippen molar-refractivity contribution in [3.63, 3.8) is 0 Å². The molecule has 2 nitrogen and oxygen atoms in total. The van der Waals surface area contributed by atoms with Crippen LogP contribution in [0.2, 0.25) is 0 Å². The van der Waals surface area contributed by atoms with Gasteiger partial charge in [0.15, 0.2) is 5.78 Å². The van der Waals surface area contributed by atoms with Gasteiger partial charge in [-0.15, -0.1) is 6.58 Å².